The van der Waals surface area contributed by atoms with Gasteiger partial charge in [-0.1, -0.05) is 47.1 Å². The fourth-order valence-electron chi connectivity index (χ4n) is 10.9. The predicted molar refractivity (Wildman–Crippen MR) is 143 cm³/mol. The third-order valence-corrected chi connectivity index (χ3v) is 13.3. The van der Waals surface area contributed by atoms with E-state index in [0.29, 0.717) is 24.2 Å². The number of carbonyl (C=O) groups is 2. The Morgan fingerprint density at radius 2 is 1.70 bits per heavy atom. The number of ketones is 1. The molecule has 0 N–H and O–H groups in total. The Morgan fingerprint density at radius 1 is 1.00 bits per heavy atom. The van der Waals surface area contributed by atoms with E-state index in [1.807, 2.05) is 13.0 Å². The molecule has 5 rings (SSSR count). The summed E-state index contributed by atoms with van der Waals surface area (Å²) >= 11 is 0. The van der Waals surface area contributed by atoms with Crippen LogP contribution in [0.25, 0.3) is 0 Å². The van der Waals surface area contributed by atoms with Crippen LogP contribution in [-0.4, -0.2) is 29.5 Å². The van der Waals surface area contributed by atoms with Gasteiger partial charge in [0.1, 0.15) is 11.6 Å². The number of aliphatic imine (C=N–C) groups is 1. The van der Waals surface area contributed by atoms with Crippen LogP contribution in [0.1, 0.15) is 107 Å². The molecule has 0 aromatic rings. The van der Waals surface area contributed by atoms with Gasteiger partial charge in [-0.05, 0) is 110 Å². The van der Waals surface area contributed by atoms with E-state index >= 15 is 0 Å². The Hall–Kier alpha value is -1.74. The molecule has 0 heterocycles. The van der Waals surface area contributed by atoms with Gasteiger partial charge in [0.15, 0.2) is 5.78 Å². The fraction of sp³-hybridized carbons (Fsp3) is 0.844. The van der Waals surface area contributed by atoms with Gasteiger partial charge in [0.25, 0.3) is 0 Å². The van der Waals surface area contributed by atoms with Crippen LogP contribution in [0.4, 0.5) is 0 Å². The summed E-state index contributed by atoms with van der Waals surface area (Å²) in [5, 5.41) is 0. The van der Waals surface area contributed by atoms with Gasteiger partial charge in [-0.15, -0.1) is 0 Å². The number of nitrogens with zero attached hydrogens (tertiary/aromatic N) is 1. The topological polar surface area (TPSA) is 72.8 Å². The monoisotopic (exact) mass is 509 g/mol. The van der Waals surface area contributed by atoms with Crippen molar-refractivity contribution >= 4 is 17.8 Å². The quantitative estimate of drug-likeness (QED) is 0.232. The van der Waals surface area contributed by atoms with Crippen LogP contribution in [0.2, 0.25) is 0 Å². The smallest absolute Gasteiger partial charge is 0.302 e. The minimum atomic E-state index is -0.870. The summed E-state index contributed by atoms with van der Waals surface area (Å²) in [4.78, 5) is 42.3. The summed E-state index contributed by atoms with van der Waals surface area (Å²) in [5.74, 6) is 1.49. The highest BCUT2D eigenvalue weighted by Crippen LogP contribution is 2.74. The molecule has 11 atom stereocenters. The van der Waals surface area contributed by atoms with E-state index in [1.54, 1.807) is 0 Å². The summed E-state index contributed by atoms with van der Waals surface area (Å²) in [6, 6.07) is 0. The lowest BCUT2D eigenvalue weighted by Gasteiger charge is -2.70. The lowest BCUT2D eigenvalue weighted by atomic mass is 9.33. The van der Waals surface area contributed by atoms with Crippen molar-refractivity contribution in [1.29, 1.82) is 0 Å². The molecule has 0 amide bonds. The molecule has 5 heteroatoms. The lowest BCUT2D eigenvalue weighted by Crippen LogP contribution is -2.68. The van der Waals surface area contributed by atoms with Crippen molar-refractivity contribution in [2.75, 3.05) is 0 Å². The van der Waals surface area contributed by atoms with E-state index in [2.05, 4.69) is 52.6 Å². The molecule has 0 spiro atoms. The van der Waals surface area contributed by atoms with Crippen molar-refractivity contribution in [1.82, 2.24) is 0 Å². The zero-order valence-electron chi connectivity index (χ0n) is 24.3. The standard InChI is InChI=1S/C32H47NO4/c1-19-9-12-28(4)15-16-30(6)22(26(28)20(19)2)17-23(36)27-29(5)13-11-25(37-21(3)35)32(8,33-18-34)24(29)10-14-31(27,30)7/h17,19-20,24-27H,9-16H2,1-8H3/t19-,20+,24?,25-,26+,27-,28-,29+,30-,31-,32?/m1/s1. The third kappa shape index (κ3) is 3.41. The molecule has 2 unspecified atom stereocenters. The maximum Gasteiger partial charge on any atom is 0.302 e. The first-order valence-corrected chi connectivity index (χ1v) is 14.7. The summed E-state index contributed by atoms with van der Waals surface area (Å²) in [7, 11) is 0. The number of fused-ring (bicyclic) bond motifs is 7. The number of hydrogen-bond acceptors (Lipinski definition) is 5. The molecular weight excluding hydrogens is 462 g/mol. The van der Waals surface area contributed by atoms with Crippen LogP contribution in [0, 0.1) is 51.2 Å². The van der Waals surface area contributed by atoms with Crippen molar-refractivity contribution in [2.45, 2.75) is 118 Å². The Morgan fingerprint density at radius 3 is 2.35 bits per heavy atom. The highest BCUT2D eigenvalue weighted by atomic mass is 16.5. The molecule has 0 aromatic heterocycles. The molecule has 0 aromatic carbocycles. The van der Waals surface area contributed by atoms with Crippen LogP contribution in [0.3, 0.4) is 0 Å². The molecule has 4 saturated carbocycles. The number of carbonyl (C=O) groups excluding carboxylic acids is 3. The van der Waals surface area contributed by atoms with Gasteiger partial charge in [-0.25, -0.2) is 4.79 Å². The second-order valence-electron chi connectivity index (χ2n) is 14.9. The van der Waals surface area contributed by atoms with Gasteiger partial charge in [0.2, 0.25) is 6.08 Å². The zero-order valence-corrected chi connectivity index (χ0v) is 24.3. The second-order valence-corrected chi connectivity index (χ2v) is 14.9. The van der Waals surface area contributed by atoms with Crippen molar-refractivity contribution in [3.8, 4) is 0 Å². The van der Waals surface area contributed by atoms with Crippen LogP contribution in [-0.2, 0) is 19.1 Å². The maximum atomic E-state index is 14.4. The summed E-state index contributed by atoms with van der Waals surface area (Å²) in [6.45, 7) is 17.8. The molecule has 37 heavy (non-hydrogen) atoms. The van der Waals surface area contributed by atoms with Crippen molar-refractivity contribution in [2.24, 2.45) is 56.2 Å². The molecular formula is C32H47NO4. The van der Waals surface area contributed by atoms with Crippen molar-refractivity contribution in [3.63, 3.8) is 0 Å². The minimum absolute atomic E-state index is 0.0217. The average molecular weight is 510 g/mol. The second kappa shape index (κ2) is 8.38. The minimum Gasteiger partial charge on any atom is -0.460 e. The van der Waals surface area contributed by atoms with Gasteiger partial charge < -0.3 is 4.74 Å². The van der Waals surface area contributed by atoms with Crippen LogP contribution in [0.5, 0.6) is 0 Å². The average Bonchev–Trinajstić information content (AvgIpc) is 2.80. The molecule has 0 radical (unpaired) electrons. The number of hydrogen-bond donors (Lipinski definition) is 0. The van der Waals surface area contributed by atoms with Crippen LogP contribution >= 0.6 is 0 Å². The molecule has 4 fully saturated rings. The van der Waals surface area contributed by atoms with E-state index in [4.69, 9.17) is 4.74 Å². The molecule has 0 bridgehead atoms. The van der Waals surface area contributed by atoms with Gasteiger partial charge >= 0.3 is 5.97 Å². The first-order chi connectivity index (χ1) is 17.2. The Labute approximate surface area is 223 Å². The fourth-order valence-corrected chi connectivity index (χ4v) is 10.9. The number of esters is 1. The van der Waals surface area contributed by atoms with Gasteiger partial charge in [0.05, 0.1) is 0 Å². The molecule has 0 aliphatic heterocycles. The normalized spacial score (nSPS) is 52.9. The van der Waals surface area contributed by atoms with Crippen LogP contribution < -0.4 is 0 Å². The van der Waals surface area contributed by atoms with Gasteiger partial charge in [-0.2, -0.15) is 4.99 Å². The first kappa shape index (κ1) is 26.9. The summed E-state index contributed by atoms with van der Waals surface area (Å²) in [6.07, 6.45) is 11.5. The van der Waals surface area contributed by atoms with Crippen molar-refractivity contribution in [3.05, 3.63) is 11.6 Å². The maximum absolute atomic E-state index is 14.4. The number of isocyanates is 1. The highest BCUT2D eigenvalue weighted by Gasteiger charge is 2.71. The molecule has 0 saturated heterocycles. The number of rotatable bonds is 2. The Balaban J connectivity index is 1.62. The Bertz CT molecular complexity index is 1090. The zero-order chi connectivity index (χ0) is 27.2. The van der Waals surface area contributed by atoms with Gasteiger partial charge in [0, 0.05) is 12.8 Å². The van der Waals surface area contributed by atoms with Crippen LogP contribution in [0.15, 0.2) is 16.6 Å². The van der Waals surface area contributed by atoms with E-state index in [9.17, 15) is 14.4 Å². The first-order valence-electron chi connectivity index (χ1n) is 14.7. The van der Waals surface area contributed by atoms with E-state index < -0.39 is 11.6 Å². The highest BCUT2D eigenvalue weighted by molar-refractivity contribution is 5.95. The molecule has 204 valence electrons. The predicted octanol–water partition coefficient (Wildman–Crippen LogP) is 6.84. The van der Waals surface area contributed by atoms with Gasteiger partial charge in [-0.3, -0.25) is 9.59 Å². The molecule has 5 aliphatic carbocycles. The number of ether oxygens (including phenoxy) is 1. The number of allylic oxidation sites excluding steroid dienone is 2. The summed E-state index contributed by atoms with van der Waals surface area (Å²) in [5.41, 5.74) is 0.348. The molecule has 5 nitrogen and oxygen atoms in total. The largest absolute Gasteiger partial charge is 0.460 e. The van der Waals surface area contributed by atoms with E-state index in [1.165, 1.54) is 31.8 Å². The lowest BCUT2D eigenvalue weighted by molar-refractivity contribution is -0.196. The molecule has 5 aliphatic rings. The Kier molecular flexibility index (Phi) is 6.08. The SMILES string of the molecule is CC(=O)O[C@@H]1CC[C@@]2(C)C(CC[C@]3(C)[C@@H]2C(=O)C=C2[C@@H]4[C@@H](C)[C@H](C)CC[C@]4(C)CC[C@]23C)C1(C)N=C=O. The third-order valence-electron chi connectivity index (χ3n) is 13.3. The van der Waals surface area contributed by atoms with E-state index in [0.717, 1.165) is 25.7 Å². The van der Waals surface area contributed by atoms with E-state index in [-0.39, 0.29) is 45.2 Å². The summed E-state index contributed by atoms with van der Waals surface area (Å²) < 4.78 is 5.73. The van der Waals surface area contributed by atoms with Crippen molar-refractivity contribution < 1.29 is 19.1 Å².